The van der Waals surface area contributed by atoms with Crippen molar-refractivity contribution in [3.05, 3.63) is 79.1 Å². The minimum Gasteiger partial charge on any atom is -0.492 e. The van der Waals surface area contributed by atoms with Gasteiger partial charge in [0.25, 0.3) is 0 Å². The Morgan fingerprint density at radius 3 is 2.59 bits per heavy atom. The van der Waals surface area contributed by atoms with Gasteiger partial charge in [0.2, 0.25) is 0 Å². The highest BCUT2D eigenvalue weighted by Gasteiger charge is 2.17. The number of hydrogen-bond donors (Lipinski definition) is 2. The van der Waals surface area contributed by atoms with Crippen LogP contribution in [0, 0.1) is 5.82 Å². The van der Waals surface area contributed by atoms with E-state index in [1.165, 1.54) is 25.0 Å². The first-order valence-electron chi connectivity index (χ1n) is 13.1. The molecule has 9 heteroatoms. The summed E-state index contributed by atoms with van der Waals surface area (Å²) in [6, 6.07) is 14.7. The lowest BCUT2D eigenvalue weighted by atomic mass is 10.0. The highest BCUT2D eigenvalue weighted by molar-refractivity contribution is 5.99. The molecule has 0 radical (unpaired) electrons. The number of nitrogens with zero attached hydrogens (tertiary/aromatic N) is 5. The third kappa shape index (κ3) is 4.61. The van der Waals surface area contributed by atoms with Crippen LogP contribution in [-0.2, 0) is 0 Å². The second-order valence-corrected chi connectivity index (χ2v) is 9.80. The molecule has 1 aliphatic rings. The number of halogens is 1. The van der Waals surface area contributed by atoms with Crippen molar-refractivity contribution in [2.24, 2.45) is 0 Å². The van der Waals surface area contributed by atoms with Crippen molar-refractivity contribution in [1.29, 1.82) is 0 Å². The minimum absolute atomic E-state index is 0.336. The van der Waals surface area contributed by atoms with E-state index in [0.717, 1.165) is 64.0 Å². The van der Waals surface area contributed by atoms with Crippen molar-refractivity contribution in [3.8, 4) is 39.4 Å². The monoisotopic (exact) mass is 519 g/mol. The molecule has 5 aromatic heterocycles. The predicted molar refractivity (Wildman–Crippen MR) is 149 cm³/mol. The maximum Gasteiger partial charge on any atom is 0.155 e. The molecule has 0 unspecified atom stereocenters. The van der Waals surface area contributed by atoms with E-state index in [0.29, 0.717) is 23.7 Å². The van der Waals surface area contributed by atoms with Crippen molar-refractivity contribution in [3.63, 3.8) is 0 Å². The summed E-state index contributed by atoms with van der Waals surface area (Å²) in [6.45, 7) is 3.59. The Morgan fingerprint density at radius 2 is 1.72 bits per heavy atom. The van der Waals surface area contributed by atoms with Gasteiger partial charge >= 0.3 is 0 Å². The average molecular weight is 520 g/mol. The van der Waals surface area contributed by atoms with Crippen LogP contribution in [0.4, 0.5) is 4.39 Å². The standard InChI is InChI=1S/C30H26FN7O/c31-22-13-20(14-23(16-22)39-12-11-38-9-1-2-10-38)24-5-8-33-29-25(24)17-27(35-29)28-26-15-21(18-34-30(26)37-36-28)19-3-6-32-7-4-19/h3-8,13-18H,1-2,9-12H2,(H,33,35)(H,34,36,37). The van der Waals surface area contributed by atoms with Crippen LogP contribution in [0.15, 0.2) is 73.3 Å². The second-order valence-electron chi connectivity index (χ2n) is 9.80. The normalized spacial score (nSPS) is 14.0. The Morgan fingerprint density at radius 1 is 0.846 bits per heavy atom. The Kier molecular flexibility index (Phi) is 5.97. The van der Waals surface area contributed by atoms with Crippen molar-refractivity contribution in [1.82, 2.24) is 35.0 Å². The highest BCUT2D eigenvalue weighted by Crippen LogP contribution is 2.35. The summed E-state index contributed by atoms with van der Waals surface area (Å²) in [7, 11) is 0. The molecule has 6 heterocycles. The molecule has 194 valence electrons. The van der Waals surface area contributed by atoms with Gasteiger partial charge in [0.15, 0.2) is 5.65 Å². The van der Waals surface area contributed by atoms with Crippen LogP contribution < -0.4 is 4.74 Å². The molecular formula is C30H26FN7O. The fraction of sp³-hybridized carbons (Fsp3) is 0.200. The minimum atomic E-state index is -0.336. The Labute approximate surface area is 223 Å². The molecule has 0 bridgehead atoms. The first kappa shape index (κ1) is 23.5. The Bertz CT molecular complexity index is 1770. The summed E-state index contributed by atoms with van der Waals surface area (Å²) in [5.41, 5.74) is 6.51. The number of nitrogens with one attached hydrogen (secondary N) is 2. The fourth-order valence-electron chi connectivity index (χ4n) is 5.32. The molecule has 0 atom stereocenters. The van der Waals surface area contributed by atoms with Gasteiger partial charge in [-0.25, -0.2) is 14.4 Å². The van der Waals surface area contributed by atoms with Gasteiger partial charge in [-0.05, 0) is 85.1 Å². The lowest BCUT2D eigenvalue weighted by molar-refractivity contribution is 0.237. The Balaban J connectivity index is 1.23. The number of benzene rings is 1. The van der Waals surface area contributed by atoms with Crippen LogP contribution >= 0.6 is 0 Å². The largest absolute Gasteiger partial charge is 0.492 e. The maximum atomic E-state index is 14.7. The molecule has 7 rings (SSSR count). The topological polar surface area (TPSA) is 95.6 Å². The quantitative estimate of drug-likeness (QED) is 0.275. The smallest absolute Gasteiger partial charge is 0.155 e. The van der Waals surface area contributed by atoms with E-state index in [9.17, 15) is 4.39 Å². The summed E-state index contributed by atoms with van der Waals surface area (Å²) in [4.78, 5) is 19.0. The summed E-state index contributed by atoms with van der Waals surface area (Å²) in [5.74, 6) is 0.190. The molecule has 0 spiro atoms. The number of likely N-dealkylation sites (tertiary alicyclic amines) is 1. The number of ether oxygens (including phenoxy) is 1. The number of aromatic amines is 2. The number of aromatic nitrogens is 6. The summed E-state index contributed by atoms with van der Waals surface area (Å²) >= 11 is 0. The van der Waals surface area contributed by atoms with Crippen LogP contribution in [0.1, 0.15) is 12.8 Å². The molecule has 1 aliphatic heterocycles. The van der Waals surface area contributed by atoms with Gasteiger partial charge in [0, 0.05) is 53.7 Å². The zero-order chi connectivity index (χ0) is 26.2. The molecular weight excluding hydrogens is 493 g/mol. The SMILES string of the molecule is Fc1cc(OCCN2CCCC2)cc(-c2ccnc3[nH]c(-c4n[nH]c5ncc(-c6ccncc6)cc45)cc23)c1. The maximum absolute atomic E-state index is 14.7. The molecule has 0 saturated carbocycles. The molecule has 2 N–H and O–H groups in total. The van der Waals surface area contributed by atoms with Crippen molar-refractivity contribution < 1.29 is 9.13 Å². The number of fused-ring (bicyclic) bond motifs is 2. The van der Waals surface area contributed by atoms with Crippen molar-refractivity contribution in [2.75, 3.05) is 26.2 Å². The second kappa shape index (κ2) is 9.92. The summed E-state index contributed by atoms with van der Waals surface area (Å²) in [5, 5.41) is 9.33. The number of hydrogen-bond acceptors (Lipinski definition) is 6. The van der Waals surface area contributed by atoms with E-state index in [1.807, 2.05) is 36.5 Å². The van der Waals surface area contributed by atoms with E-state index in [-0.39, 0.29) is 5.82 Å². The van der Waals surface area contributed by atoms with Gasteiger partial charge in [-0.3, -0.25) is 15.0 Å². The van der Waals surface area contributed by atoms with Gasteiger partial charge in [0.05, 0.1) is 5.69 Å². The number of pyridine rings is 3. The number of H-pyrrole nitrogens is 2. The zero-order valence-electron chi connectivity index (χ0n) is 21.2. The first-order valence-corrected chi connectivity index (χ1v) is 13.1. The molecule has 0 aliphatic carbocycles. The highest BCUT2D eigenvalue weighted by atomic mass is 19.1. The van der Waals surface area contributed by atoms with Gasteiger partial charge in [-0.15, -0.1) is 0 Å². The molecule has 1 aromatic carbocycles. The first-order chi connectivity index (χ1) is 19.2. The van der Waals surface area contributed by atoms with E-state index in [4.69, 9.17) is 4.74 Å². The Hall–Kier alpha value is -4.63. The fourth-order valence-corrected chi connectivity index (χ4v) is 5.32. The van der Waals surface area contributed by atoms with Gasteiger partial charge in [0.1, 0.15) is 29.5 Å². The van der Waals surface area contributed by atoms with Gasteiger partial charge in [-0.2, -0.15) is 5.10 Å². The zero-order valence-corrected chi connectivity index (χ0v) is 21.2. The molecule has 39 heavy (non-hydrogen) atoms. The summed E-state index contributed by atoms with van der Waals surface area (Å²) in [6.07, 6.45) is 9.53. The molecule has 1 fully saturated rings. The average Bonchev–Trinajstić information content (AvgIpc) is 3.72. The van der Waals surface area contributed by atoms with Crippen LogP contribution in [-0.4, -0.2) is 61.3 Å². The lowest BCUT2D eigenvalue weighted by Gasteiger charge is -2.15. The van der Waals surface area contributed by atoms with Gasteiger partial charge in [-0.1, -0.05) is 0 Å². The molecule has 0 amide bonds. The van der Waals surface area contributed by atoms with E-state index < -0.39 is 0 Å². The third-order valence-electron chi connectivity index (χ3n) is 7.27. The van der Waals surface area contributed by atoms with E-state index >= 15 is 0 Å². The van der Waals surface area contributed by atoms with Crippen LogP contribution in [0.25, 0.3) is 55.7 Å². The third-order valence-corrected chi connectivity index (χ3v) is 7.27. The molecule has 1 saturated heterocycles. The molecule has 6 aromatic rings. The van der Waals surface area contributed by atoms with Crippen LogP contribution in [0.5, 0.6) is 5.75 Å². The van der Waals surface area contributed by atoms with Crippen LogP contribution in [0.2, 0.25) is 0 Å². The van der Waals surface area contributed by atoms with E-state index in [2.05, 4.69) is 41.1 Å². The summed E-state index contributed by atoms with van der Waals surface area (Å²) < 4.78 is 20.6. The number of rotatable bonds is 7. The van der Waals surface area contributed by atoms with E-state index in [1.54, 1.807) is 18.6 Å². The van der Waals surface area contributed by atoms with Crippen molar-refractivity contribution >= 4 is 22.1 Å². The van der Waals surface area contributed by atoms with Crippen LogP contribution in [0.3, 0.4) is 0 Å². The molecule has 8 nitrogen and oxygen atoms in total. The van der Waals surface area contributed by atoms with Crippen molar-refractivity contribution in [2.45, 2.75) is 12.8 Å². The predicted octanol–water partition coefficient (Wildman–Crippen LogP) is 5.84. The van der Waals surface area contributed by atoms with Gasteiger partial charge < -0.3 is 9.72 Å². The lowest BCUT2D eigenvalue weighted by Crippen LogP contribution is -2.25.